The van der Waals surface area contributed by atoms with Gasteiger partial charge in [-0.05, 0) is 12.1 Å². The van der Waals surface area contributed by atoms with E-state index in [2.05, 4.69) is 10.1 Å². The molecule has 1 amide bonds. The minimum absolute atomic E-state index is 0.225. The van der Waals surface area contributed by atoms with Crippen LogP contribution in [0.3, 0.4) is 0 Å². The zero-order valence-corrected chi connectivity index (χ0v) is 14.8. The Balaban J connectivity index is 1.59. The van der Waals surface area contributed by atoms with Crippen LogP contribution in [0.25, 0.3) is 10.8 Å². The molecule has 0 aliphatic carbocycles. The molecule has 2 aromatic heterocycles. The first-order valence-electron chi connectivity index (χ1n) is 8.66. The lowest BCUT2D eigenvalue weighted by molar-refractivity contribution is 0.0740. The fourth-order valence-electron chi connectivity index (χ4n) is 3.38. The molecule has 0 unspecified atom stereocenters. The van der Waals surface area contributed by atoms with Gasteiger partial charge in [-0.15, -0.1) is 0 Å². The number of pyridine rings is 1. The summed E-state index contributed by atoms with van der Waals surface area (Å²) in [6.07, 6.45) is 2.74. The lowest BCUT2D eigenvalue weighted by Crippen LogP contribution is -2.49. The van der Waals surface area contributed by atoms with Gasteiger partial charge in [-0.2, -0.15) is 5.10 Å². The van der Waals surface area contributed by atoms with Crippen LogP contribution >= 0.6 is 0 Å². The van der Waals surface area contributed by atoms with Gasteiger partial charge in [0.2, 0.25) is 0 Å². The van der Waals surface area contributed by atoms with Crippen molar-refractivity contribution >= 4 is 22.4 Å². The number of anilines is 1. The Kier molecular flexibility index (Phi) is 4.31. The van der Waals surface area contributed by atoms with E-state index in [-0.39, 0.29) is 23.0 Å². The standard InChI is InChI=1S/C19H18FN5O2/c1-23-18(26)14-5-3-2-4-13(14)17(22-23)19(27)25-10-8-24(9-11-25)16-6-7-21-12-15(16)20/h2-7,12H,8-11H2,1H3. The molecule has 1 aliphatic rings. The van der Waals surface area contributed by atoms with Crippen LogP contribution in [0.15, 0.2) is 47.5 Å². The molecule has 138 valence electrons. The summed E-state index contributed by atoms with van der Waals surface area (Å²) in [7, 11) is 1.54. The van der Waals surface area contributed by atoms with Gasteiger partial charge in [-0.3, -0.25) is 14.6 Å². The topological polar surface area (TPSA) is 71.3 Å². The van der Waals surface area contributed by atoms with Crippen molar-refractivity contribution < 1.29 is 9.18 Å². The van der Waals surface area contributed by atoms with E-state index in [9.17, 15) is 14.0 Å². The highest BCUT2D eigenvalue weighted by atomic mass is 19.1. The van der Waals surface area contributed by atoms with Gasteiger partial charge < -0.3 is 9.80 Å². The van der Waals surface area contributed by atoms with Gasteiger partial charge in [0.25, 0.3) is 11.5 Å². The third kappa shape index (κ3) is 3.03. The third-order valence-electron chi connectivity index (χ3n) is 4.82. The predicted molar refractivity (Wildman–Crippen MR) is 99.3 cm³/mol. The van der Waals surface area contributed by atoms with E-state index in [0.29, 0.717) is 42.6 Å². The number of fused-ring (bicyclic) bond motifs is 1. The molecule has 0 spiro atoms. The molecule has 1 saturated heterocycles. The van der Waals surface area contributed by atoms with E-state index < -0.39 is 0 Å². The molecule has 0 saturated carbocycles. The summed E-state index contributed by atoms with van der Waals surface area (Å²) in [5, 5.41) is 5.22. The van der Waals surface area contributed by atoms with E-state index in [1.807, 2.05) is 4.90 Å². The normalized spacial score (nSPS) is 14.6. The zero-order valence-electron chi connectivity index (χ0n) is 14.8. The van der Waals surface area contributed by atoms with Crippen molar-refractivity contribution in [3.63, 3.8) is 0 Å². The van der Waals surface area contributed by atoms with Gasteiger partial charge in [-0.25, -0.2) is 9.07 Å². The SMILES string of the molecule is Cn1nc(C(=O)N2CCN(c3ccncc3F)CC2)c2ccccc2c1=O. The maximum absolute atomic E-state index is 13.9. The Hall–Kier alpha value is -3.29. The Morgan fingerprint density at radius 2 is 1.78 bits per heavy atom. The van der Waals surface area contributed by atoms with Crippen molar-refractivity contribution in [1.29, 1.82) is 0 Å². The van der Waals surface area contributed by atoms with Crippen LogP contribution in [0, 0.1) is 5.82 Å². The van der Waals surface area contributed by atoms with Crippen LogP contribution in [0.1, 0.15) is 10.5 Å². The summed E-state index contributed by atoms with van der Waals surface area (Å²) in [5.41, 5.74) is 0.513. The van der Waals surface area contributed by atoms with Crippen molar-refractivity contribution in [1.82, 2.24) is 19.7 Å². The van der Waals surface area contributed by atoms with Gasteiger partial charge >= 0.3 is 0 Å². The molecule has 0 N–H and O–H groups in total. The molecule has 0 atom stereocenters. The lowest BCUT2D eigenvalue weighted by Gasteiger charge is -2.36. The summed E-state index contributed by atoms with van der Waals surface area (Å²) < 4.78 is 15.1. The van der Waals surface area contributed by atoms with Crippen molar-refractivity contribution in [3.05, 3.63) is 64.6 Å². The summed E-state index contributed by atoms with van der Waals surface area (Å²) in [5.74, 6) is -0.598. The molecule has 1 aliphatic heterocycles. The number of aromatic nitrogens is 3. The van der Waals surface area contributed by atoms with Gasteiger partial charge in [0.05, 0.1) is 17.3 Å². The first-order chi connectivity index (χ1) is 13.1. The molecule has 8 heteroatoms. The molecule has 0 radical (unpaired) electrons. The van der Waals surface area contributed by atoms with Gasteiger partial charge in [-0.1, -0.05) is 18.2 Å². The van der Waals surface area contributed by atoms with Crippen LogP contribution in [-0.2, 0) is 7.05 Å². The summed E-state index contributed by atoms with van der Waals surface area (Å²) >= 11 is 0. The largest absolute Gasteiger partial charge is 0.366 e. The summed E-state index contributed by atoms with van der Waals surface area (Å²) in [6, 6.07) is 8.61. The molecular weight excluding hydrogens is 349 g/mol. The monoisotopic (exact) mass is 367 g/mol. The summed E-state index contributed by atoms with van der Waals surface area (Å²) in [6.45, 7) is 1.91. The quantitative estimate of drug-likeness (QED) is 0.685. The number of nitrogens with zero attached hydrogens (tertiary/aromatic N) is 5. The second-order valence-electron chi connectivity index (χ2n) is 6.43. The minimum Gasteiger partial charge on any atom is -0.366 e. The van der Waals surface area contributed by atoms with Crippen molar-refractivity contribution in [2.24, 2.45) is 7.05 Å². The maximum atomic E-state index is 13.9. The van der Waals surface area contributed by atoms with E-state index in [1.54, 1.807) is 41.4 Å². The number of amides is 1. The number of carbonyl (C=O) groups is 1. The molecule has 3 aromatic rings. The summed E-state index contributed by atoms with van der Waals surface area (Å²) in [4.78, 5) is 32.6. The Morgan fingerprint density at radius 3 is 2.48 bits per heavy atom. The van der Waals surface area contributed by atoms with Gasteiger partial charge in [0, 0.05) is 44.8 Å². The Bertz CT molecular complexity index is 1070. The number of piperazine rings is 1. The Morgan fingerprint density at radius 1 is 1.07 bits per heavy atom. The molecule has 27 heavy (non-hydrogen) atoms. The number of aryl methyl sites for hydroxylation is 1. The lowest BCUT2D eigenvalue weighted by atomic mass is 10.1. The number of hydrogen-bond donors (Lipinski definition) is 0. The van der Waals surface area contributed by atoms with E-state index in [0.717, 1.165) is 0 Å². The number of hydrogen-bond acceptors (Lipinski definition) is 5. The molecule has 0 bridgehead atoms. The average molecular weight is 367 g/mol. The van der Waals surface area contributed by atoms with Gasteiger partial charge in [0.1, 0.15) is 0 Å². The fraction of sp³-hybridized carbons (Fsp3) is 0.263. The molecule has 3 heterocycles. The van der Waals surface area contributed by atoms with Crippen LogP contribution in [0.2, 0.25) is 0 Å². The Labute approximate surface area is 154 Å². The third-order valence-corrected chi connectivity index (χ3v) is 4.82. The van der Waals surface area contributed by atoms with Crippen molar-refractivity contribution in [2.45, 2.75) is 0 Å². The fourth-order valence-corrected chi connectivity index (χ4v) is 3.38. The molecule has 1 fully saturated rings. The van der Waals surface area contributed by atoms with Crippen LogP contribution in [0.5, 0.6) is 0 Å². The van der Waals surface area contributed by atoms with E-state index in [1.165, 1.54) is 17.9 Å². The molecule has 7 nitrogen and oxygen atoms in total. The zero-order chi connectivity index (χ0) is 19.0. The van der Waals surface area contributed by atoms with Crippen LogP contribution < -0.4 is 10.5 Å². The number of carbonyl (C=O) groups excluding carboxylic acids is 1. The first-order valence-corrected chi connectivity index (χ1v) is 8.66. The highest BCUT2D eigenvalue weighted by molar-refractivity contribution is 6.04. The van der Waals surface area contributed by atoms with Crippen molar-refractivity contribution in [3.8, 4) is 0 Å². The molecular formula is C19H18FN5O2. The van der Waals surface area contributed by atoms with Crippen LogP contribution in [-0.4, -0.2) is 51.8 Å². The highest BCUT2D eigenvalue weighted by Gasteiger charge is 2.26. The average Bonchev–Trinajstić information content (AvgIpc) is 2.71. The molecule has 1 aromatic carbocycles. The highest BCUT2D eigenvalue weighted by Crippen LogP contribution is 2.21. The van der Waals surface area contributed by atoms with Crippen molar-refractivity contribution in [2.75, 3.05) is 31.1 Å². The number of rotatable bonds is 2. The second-order valence-corrected chi connectivity index (χ2v) is 6.43. The van der Waals surface area contributed by atoms with Crippen LogP contribution in [0.4, 0.5) is 10.1 Å². The number of benzene rings is 1. The first kappa shape index (κ1) is 17.1. The van der Waals surface area contributed by atoms with Gasteiger partial charge in [0.15, 0.2) is 11.5 Å². The minimum atomic E-state index is -0.372. The predicted octanol–water partition coefficient (Wildman–Crippen LogP) is 1.43. The molecule has 4 rings (SSSR count). The van der Waals surface area contributed by atoms with E-state index in [4.69, 9.17) is 0 Å². The maximum Gasteiger partial charge on any atom is 0.275 e. The second kappa shape index (κ2) is 6.79. The number of halogens is 1. The smallest absolute Gasteiger partial charge is 0.275 e. The van der Waals surface area contributed by atoms with E-state index >= 15 is 0 Å².